The van der Waals surface area contributed by atoms with Gasteiger partial charge in [0.05, 0.1) is 5.69 Å². The van der Waals surface area contributed by atoms with E-state index in [1.165, 1.54) is 0 Å². The van der Waals surface area contributed by atoms with Crippen molar-refractivity contribution in [2.75, 3.05) is 26.2 Å². The van der Waals surface area contributed by atoms with Crippen LogP contribution in [0.3, 0.4) is 0 Å². The van der Waals surface area contributed by atoms with E-state index in [2.05, 4.69) is 23.5 Å². The second kappa shape index (κ2) is 7.92. The highest BCUT2D eigenvalue weighted by atomic mass is 16.5. The van der Waals surface area contributed by atoms with Crippen molar-refractivity contribution >= 4 is 5.91 Å². The lowest BCUT2D eigenvalue weighted by Gasteiger charge is -2.39. The molecule has 23 heavy (non-hydrogen) atoms. The van der Waals surface area contributed by atoms with Gasteiger partial charge in [0.15, 0.2) is 5.60 Å². The van der Waals surface area contributed by atoms with Gasteiger partial charge >= 0.3 is 0 Å². The van der Waals surface area contributed by atoms with Crippen molar-refractivity contribution in [1.29, 1.82) is 0 Å². The zero-order valence-corrected chi connectivity index (χ0v) is 13.8. The zero-order chi connectivity index (χ0) is 16.7. The molecule has 1 amide bonds. The molecule has 0 aliphatic carbocycles. The Hall–Kier alpha value is -2.14. The van der Waals surface area contributed by atoms with Gasteiger partial charge in [0.2, 0.25) is 0 Å². The molecule has 0 aromatic carbocycles. The lowest BCUT2D eigenvalue weighted by Crippen LogP contribution is -2.57. The van der Waals surface area contributed by atoms with E-state index in [0.717, 1.165) is 18.8 Å². The Morgan fingerprint density at radius 2 is 2.04 bits per heavy atom. The summed E-state index contributed by atoms with van der Waals surface area (Å²) in [6, 6.07) is 3.69. The molecule has 2 rings (SSSR count). The number of nitrogens with one attached hydrogen (secondary N) is 1. The van der Waals surface area contributed by atoms with Crippen LogP contribution < -0.4 is 10.1 Å². The Balaban J connectivity index is 2.30. The Bertz CT molecular complexity index is 555. The van der Waals surface area contributed by atoms with Crippen LogP contribution in [0.5, 0.6) is 5.75 Å². The Morgan fingerprint density at radius 3 is 2.61 bits per heavy atom. The zero-order valence-electron chi connectivity index (χ0n) is 13.8. The summed E-state index contributed by atoms with van der Waals surface area (Å²) in [5.74, 6) is 0.655. The topological polar surface area (TPSA) is 54.5 Å². The van der Waals surface area contributed by atoms with Crippen LogP contribution in [0.1, 0.15) is 18.5 Å². The maximum atomic E-state index is 13.2. The number of aromatic nitrogens is 1. The van der Waals surface area contributed by atoms with Gasteiger partial charge in [-0.3, -0.25) is 9.78 Å². The molecular formula is C18H25N3O2. The van der Waals surface area contributed by atoms with Crippen molar-refractivity contribution in [3.05, 3.63) is 49.3 Å². The predicted molar refractivity (Wildman–Crippen MR) is 91.4 cm³/mol. The molecule has 2 heterocycles. The van der Waals surface area contributed by atoms with Crippen LogP contribution in [0, 0.1) is 6.92 Å². The van der Waals surface area contributed by atoms with Crippen molar-refractivity contribution < 1.29 is 9.53 Å². The van der Waals surface area contributed by atoms with Crippen LogP contribution in [-0.4, -0.2) is 47.6 Å². The number of rotatable bonds is 7. The Morgan fingerprint density at radius 1 is 1.39 bits per heavy atom. The van der Waals surface area contributed by atoms with Gasteiger partial charge in [-0.1, -0.05) is 12.2 Å². The lowest BCUT2D eigenvalue weighted by atomic mass is 9.90. The van der Waals surface area contributed by atoms with Crippen molar-refractivity contribution in [3.63, 3.8) is 0 Å². The van der Waals surface area contributed by atoms with Crippen molar-refractivity contribution in [3.8, 4) is 5.75 Å². The Labute approximate surface area is 138 Å². The highest BCUT2D eigenvalue weighted by Gasteiger charge is 2.44. The van der Waals surface area contributed by atoms with Crippen LogP contribution in [-0.2, 0) is 4.79 Å². The molecule has 1 aromatic rings. The molecule has 1 N–H and O–H groups in total. The minimum atomic E-state index is -0.856. The smallest absolute Gasteiger partial charge is 0.267 e. The summed E-state index contributed by atoms with van der Waals surface area (Å²) in [7, 11) is 0. The van der Waals surface area contributed by atoms with E-state index in [0.29, 0.717) is 31.7 Å². The van der Waals surface area contributed by atoms with E-state index in [1.54, 1.807) is 23.2 Å². The van der Waals surface area contributed by atoms with Crippen molar-refractivity contribution in [2.45, 2.75) is 25.4 Å². The maximum absolute atomic E-state index is 13.2. The second-order valence-corrected chi connectivity index (χ2v) is 5.72. The summed E-state index contributed by atoms with van der Waals surface area (Å²) >= 11 is 0. The highest BCUT2D eigenvalue weighted by Crippen LogP contribution is 2.30. The first kappa shape index (κ1) is 17.2. The molecule has 0 radical (unpaired) electrons. The molecule has 1 saturated heterocycles. The molecule has 1 fully saturated rings. The molecule has 5 nitrogen and oxygen atoms in total. The van der Waals surface area contributed by atoms with Gasteiger partial charge in [0.25, 0.3) is 5.91 Å². The fourth-order valence-electron chi connectivity index (χ4n) is 2.82. The van der Waals surface area contributed by atoms with E-state index in [-0.39, 0.29) is 5.91 Å². The summed E-state index contributed by atoms with van der Waals surface area (Å²) in [4.78, 5) is 19.2. The molecule has 0 unspecified atom stereocenters. The fourth-order valence-corrected chi connectivity index (χ4v) is 2.82. The van der Waals surface area contributed by atoms with Gasteiger partial charge in [-0.2, -0.15) is 0 Å². The molecule has 0 bridgehead atoms. The minimum Gasteiger partial charge on any atom is -0.475 e. The third kappa shape index (κ3) is 3.99. The Kier molecular flexibility index (Phi) is 5.93. The SMILES string of the molecule is C=CCN(CC=C)C(=O)C1(Oc2cccnc2C)CCNCC1. The standard InChI is InChI=1S/C18H25N3O2/c1-4-13-21(14-5-2)17(22)18(8-11-19-12-9-18)23-16-7-6-10-20-15(16)3/h4-7,10,19H,1-2,8-9,11-14H2,3H3. The average Bonchev–Trinajstić information content (AvgIpc) is 2.57. The van der Waals surface area contributed by atoms with Crippen molar-refractivity contribution in [1.82, 2.24) is 15.2 Å². The van der Waals surface area contributed by atoms with Gasteiger partial charge in [0.1, 0.15) is 5.75 Å². The van der Waals surface area contributed by atoms with E-state index in [4.69, 9.17) is 4.74 Å². The van der Waals surface area contributed by atoms with E-state index in [1.807, 2.05) is 19.1 Å². The number of amides is 1. The van der Waals surface area contributed by atoms with Crippen LogP contribution in [0.25, 0.3) is 0 Å². The second-order valence-electron chi connectivity index (χ2n) is 5.72. The monoisotopic (exact) mass is 315 g/mol. The van der Waals surface area contributed by atoms with E-state index in [9.17, 15) is 4.79 Å². The normalized spacial score (nSPS) is 16.4. The molecular weight excluding hydrogens is 290 g/mol. The molecule has 1 aromatic heterocycles. The molecule has 124 valence electrons. The first-order chi connectivity index (χ1) is 11.1. The van der Waals surface area contributed by atoms with Crippen LogP contribution >= 0.6 is 0 Å². The molecule has 0 atom stereocenters. The fraction of sp³-hybridized carbons (Fsp3) is 0.444. The minimum absolute atomic E-state index is 0.0120. The summed E-state index contributed by atoms with van der Waals surface area (Å²) in [6.45, 7) is 11.8. The lowest BCUT2D eigenvalue weighted by molar-refractivity contribution is -0.149. The molecule has 0 spiro atoms. The van der Waals surface area contributed by atoms with Crippen LogP contribution in [0.4, 0.5) is 0 Å². The van der Waals surface area contributed by atoms with Gasteiger partial charge in [-0.05, 0) is 32.1 Å². The summed E-state index contributed by atoms with van der Waals surface area (Å²) in [5, 5.41) is 3.29. The summed E-state index contributed by atoms with van der Waals surface area (Å²) in [6.07, 6.45) is 6.44. The van der Waals surface area contributed by atoms with Gasteiger partial charge in [0, 0.05) is 32.1 Å². The third-order valence-corrected chi connectivity index (χ3v) is 4.05. The largest absolute Gasteiger partial charge is 0.475 e. The van der Waals surface area contributed by atoms with Crippen molar-refractivity contribution in [2.24, 2.45) is 0 Å². The summed E-state index contributed by atoms with van der Waals surface area (Å²) < 4.78 is 6.25. The average molecular weight is 315 g/mol. The van der Waals surface area contributed by atoms with E-state index >= 15 is 0 Å². The number of piperidine rings is 1. The number of carbonyl (C=O) groups excluding carboxylic acids is 1. The van der Waals surface area contributed by atoms with Crippen LogP contribution in [0.15, 0.2) is 43.6 Å². The highest BCUT2D eigenvalue weighted by molar-refractivity contribution is 5.86. The molecule has 5 heteroatoms. The molecule has 0 saturated carbocycles. The van der Waals surface area contributed by atoms with Gasteiger partial charge in [-0.25, -0.2) is 0 Å². The number of hydrogen-bond donors (Lipinski definition) is 1. The maximum Gasteiger partial charge on any atom is 0.267 e. The molecule has 1 aliphatic heterocycles. The number of aryl methyl sites for hydroxylation is 1. The number of pyridine rings is 1. The predicted octanol–water partition coefficient (Wildman–Crippen LogP) is 2.09. The number of nitrogens with zero attached hydrogens (tertiary/aromatic N) is 2. The quantitative estimate of drug-likeness (QED) is 0.783. The van der Waals surface area contributed by atoms with E-state index < -0.39 is 5.60 Å². The molecule has 1 aliphatic rings. The first-order valence-electron chi connectivity index (χ1n) is 7.95. The van der Waals surface area contributed by atoms with Gasteiger partial charge in [-0.15, -0.1) is 13.2 Å². The van der Waals surface area contributed by atoms with Gasteiger partial charge < -0.3 is 15.0 Å². The first-order valence-corrected chi connectivity index (χ1v) is 7.95. The third-order valence-electron chi connectivity index (χ3n) is 4.05. The number of hydrogen-bond acceptors (Lipinski definition) is 4. The number of ether oxygens (including phenoxy) is 1. The number of carbonyl (C=O) groups is 1. The summed E-state index contributed by atoms with van der Waals surface area (Å²) in [5.41, 5.74) is -0.0670. The van der Waals surface area contributed by atoms with Crippen LogP contribution in [0.2, 0.25) is 0 Å².